The second-order valence-electron chi connectivity index (χ2n) is 8.47. The van der Waals surface area contributed by atoms with Gasteiger partial charge in [0.05, 0.1) is 12.1 Å². The minimum absolute atomic E-state index is 0.0326. The molecule has 5 nitrogen and oxygen atoms in total. The molecule has 3 amide bonds. The lowest BCUT2D eigenvalue weighted by Gasteiger charge is -2.43. The van der Waals surface area contributed by atoms with E-state index in [0.29, 0.717) is 5.69 Å². The van der Waals surface area contributed by atoms with Crippen LogP contribution in [0.25, 0.3) is 0 Å². The predicted molar refractivity (Wildman–Crippen MR) is 118 cm³/mol. The number of carbonyl (C=O) groups is 3. The second kappa shape index (κ2) is 8.51. The third-order valence-corrected chi connectivity index (χ3v) is 6.95. The van der Waals surface area contributed by atoms with Crippen molar-refractivity contribution in [2.24, 2.45) is 5.92 Å². The summed E-state index contributed by atoms with van der Waals surface area (Å²) in [5.74, 6) is -0.501. The van der Waals surface area contributed by atoms with Crippen molar-refractivity contribution in [1.82, 2.24) is 4.90 Å². The van der Waals surface area contributed by atoms with Gasteiger partial charge in [0.25, 0.3) is 5.91 Å². The molecule has 28 heavy (non-hydrogen) atoms. The van der Waals surface area contributed by atoms with E-state index in [1.165, 1.54) is 11.3 Å². The molecule has 2 aliphatic rings. The Morgan fingerprint density at radius 1 is 1.14 bits per heavy atom. The standard InChI is InChI=1S/C22H29IN2O3/c1-4-22(2,3)25(20(27)15-8-6-5-7-9-15)18-14-19(26)24(21(18)28)17-12-10-16(23)11-13-17/h10-13,15,18H,4-9,14H2,1-3H3. The van der Waals surface area contributed by atoms with E-state index in [1.54, 1.807) is 17.0 Å². The van der Waals surface area contributed by atoms with Crippen LogP contribution in [-0.2, 0) is 14.4 Å². The van der Waals surface area contributed by atoms with Crippen molar-refractivity contribution in [3.63, 3.8) is 0 Å². The van der Waals surface area contributed by atoms with Crippen LogP contribution in [-0.4, -0.2) is 34.2 Å². The van der Waals surface area contributed by atoms with Crippen LogP contribution < -0.4 is 4.90 Å². The lowest BCUT2D eigenvalue weighted by Crippen LogP contribution is -2.57. The van der Waals surface area contributed by atoms with Gasteiger partial charge in [-0.3, -0.25) is 14.4 Å². The van der Waals surface area contributed by atoms with Crippen LogP contribution in [0.3, 0.4) is 0 Å². The molecule has 1 heterocycles. The van der Waals surface area contributed by atoms with Gasteiger partial charge in [0.1, 0.15) is 6.04 Å². The maximum atomic E-state index is 13.5. The van der Waals surface area contributed by atoms with E-state index in [9.17, 15) is 14.4 Å². The van der Waals surface area contributed by atoms with E-state index < -0.39 is 11.6 Å². The van der Waals surface area contributed by atoms with Crippen molar-refractivity contribution in [3.8, 4) is 0 Å². The molecule has 1 saturated carbocycles. The highest BCUT2D eigenvalue weighted by atomic mass is 127. The lowest BCUT2D eigenvalue weighted by atomic mass is 9.85. The van der Waals surface area contributed by atoms with Crippen molar-refractivity contribution in [2.45, 2.75) is 77.3 Å². The molecule has 1 saturated heterocycles. The van der Waals surface area contributed by atoms with Gasteiger partial charge in [-0.2, -0.15) is 0 Å². The van der Waals surface area contributed by atoms with Gasteiger partial charge in [-0.05, 0) is 80.0 Å². The SMILES string of the molecule is CCC(C)(C)N(C(=O)C1CCCCC1)C1CC(=O)N(c2ccc(I)cc2)C1=O. The maximum absolute atomic E-state index is 13.5. The number of hydrogen-bond acceptors (Lipinski definition) is 3. The third-order valence-electron chi connectivity index (χ3n) is 6.23. The van der Waals surface area contributed by atoms with Gasteiger partial charge in [-0.25, -0.2) is 4.90 Å². The first-order chi connectivity index (χ1) is 13.3. The summed E-state index contributed by atoms with van der Waals surface area (Å²) in [5.41, 5.74) is 0.106. The maximum Gasteiger partial charge on any atom is 0.257 e. The van der Waals surface area contributed by atoms with E-state index in [0.717, 1.165) is 35.7 Å². The number of halogens is 1. The lowest BCUT2D eigenvalue weighted by molar-refractivity contribution is -0.149. The van der Waals surface area contributed by atoms with E-state index in [1.807, 2.05) is 32.9 Å². The Hall–Kier alpha value is -1.44. The van der Waals surface area contributed by atoms with Crippen LogP contribution in [0.1, 0.15) is 65.7 Å². The van der Waals surface area contributed by atoms with E-state index >= 15 is 0 Å². The summed E-state index contributed by atoms with van der Waals surface area (Å²) in [4.78, 5) is 42.5. The van der Waals surface area contributed by atoms with Crippen LogP contribution in [0.2, 0.25) is 0 Å². The Morgan fingerprint density at radius 3 is 2.32 bits per heavy atom. The summed E-state index contributed by atoms with van der Waals surface area (Å²) < 4.78 is 1.04. The molecule has 0 radical (unpaired) electrons. The topological polar surface area (TPSA) is 57.7 Å². The van der Waals surface area contributed by atoms with Gasteiger partial charge in [-0.1, -0.05) is 26.2 Å². The summed E-state index contributed by atoms with van der Waals surface area (Å²) in [5, 5.41) is 0. The zero-order valence-corrected chi connectivity index (χ0v) is 19.1. The van der Waals surface area contributed by atoms with Gasteiger partial charge < -0.3 is 4.90 Å². The fourth-order valence-corrected chi connectivity index (χ4v) is 4.63. The Bertz CT molecular complexity index is 754. The van der Waals surface area contributed by atoms with Crippen LogP contribution in [0.15, 0.2) is 24.3 Å². The fraction of sp³-hybridized carbons (Fsp3) is 0.591. The highest BCUT2D eigenvalue weighted by Gasteiger charge is 2.49. The predicted octanol–water partition coefficient (Wildman–Crippen LogP) is 4.52. The molecule has 0 aromatic heterocycles. The smallest absolute Gasteiger partial charge is 0.257 e. The van der Waals surface area contributed by atoms with Gasteiger partial charge in [-0.15, -0.1) is 0 Å². The average molecular weight is 496 g/mol. The van der Waals surface area contributed by atoms with Crippen molar-refractivity contribution >= 4 is 46.0 Å². The van der Waals surface area contributed by atoms with E-state index in [2.05, 4.69) is 22.6 Å². The number of carbonyl (C=O) groups excluding carboxylic acids is 3. The summed E-state index contributed by atoms with van der Waals surface area (Å²) >= 11 is 2.19. The van der Waals surface area contributed by atoms with Crippen LogP contribution in [0, 0.1) is 9.49 Å². The largest absolute Gasteiger partial charge is 0.325 e. The molecule has 1 unspecified atom stereocenters. The Morgan fingerprint density at radius 2 is 1.75 bits per heavy atom. The number of rotatable bonds is 5. The molecular weight excluding hydrogens is 467 g/mol. The Balaban J connectivity index is 1.91. The fourth-order valence-electron chi connectivity index (χ4n) is 4.27. The third kappa shape index (κ3) is 4.11. The molecule has 1 aliphatic heterocycles. The van der Waals surface area contributed by atoms with Gasteiger partial charge in [0.15, 0.2) is 0 Å². The van der Waals surface area contributed by atoms with E-state index in [4.69, 9.17) is 0 Å². The molecule has 2 fully saturated rings. The quantitative estimate of drug-likeness (QED) is 0.445. The molecule has 3 rings (SSSR count). The number of anilines is 1. The van der Waals surface area contributed by atoms with Crippen molar-refractivity contribution in [1.29, 1.82) is 0 Å². The van der Waals surface area contributed by atoms with Crippen LogP contribution in [0.4, 0.5) is 5.69 Å². The zero-order chi connectivity index (χ0) is 20.5. The van der Waals surface area contributed by atoms with Crippen molar-refractivity contribution in [2.75, 3.05) is 4.90 Å². The number of amides is 3. The first-order valence-electron chi connectivity index (χ1n) is 10.2. The summed E-state index contributed by atoms with van der Waals surface area (Å²) in [6, 6.07) is 6.63. The Kier molecular flexibility index (Phi) is 6.47. The number of benzene rings is 1. The number of hydrogen-bond donors (Lipinski definition) is 0. The molecule has 1 atom stereocenters. The highest BCUT2D eigenvalue weighted by molar-refractivity contribution is 14.1. The van der Waals surface area contributed by atoms with Crippen molar-refractivity contribution in [3.05, 3.63) is 27.8 Å². The molecule has 152 valence electrons. The average Bonchev–Trinajstić information content (AvgIpc) is 2.97. The van der Waals surface area contributed by atoms with Crippen LogP contribution >= 0.6 is 22.6 Å². The first-order valence-corrected chi connectivity index (χ1v) is 11.3. The molecule has 6 heteroatoms. The van der Waals surface area contributed by atoms with E-state index in [-0.39, 0.29) is 30.1 Å². The highest BCUT2D eigenvalue weighted by Crippen LogP contribution is 2.35. The molecular formula is C22H29IN2O3. The minimum Gasteiger partial charge on any atom is -0.325 e. The number of imide groups is 1. The second-order valence-corrected chi connectivity index (χ2v) is 9.72. The van der Waals surface area contributed by atoms with Gasteiger partial charge in [0.2, 0.25) is 11.8 Å². The summed E-state index contributed by atoms with van der Waals surface area (Å²) in [6.07, 6.45) is 5.84. The normalized spacial score (nSPS) is 21.3. The van der Waals surface area contributed by atoms with Crippen LogP contribution in [0.5, 0.6) is 0 Å². The molecule has 0 bridgehead atoms. The monoisotopic (exact) mass is 496 g/mol. The molecule has 1 aromatic rings. The molecule has 1 aliphatic carbocycles. The first kappa shape index (κ1) is 21.3. The zero-order valence-electron chi connectivity index (χ0n) is 16.9. The minimum atomic E-state index is -0.712. The molecule has 0 spiro atoms. The Labute approximate surface area is 181 Å². The van der Waals surface area contributed by atoms with Gasteiger partial charge >= 0.3 is 0 Å². The molecule has 0 N–H and O–H groups in total. The summed E-state index contributed by atoms with van der Waals surface area (Å²) in [6.45, 7) is 6.03. The number of nitrogens with zero attached hydrogens (tertiary/aromatic N) is 2. The summed E-state index contributed by atoms with van der Waals surface area (Å²) in [7, 11) is 0. The van der Waals surface area contributed by atoms with Crippen molar-refractivity contribution < 1.29 is 14.4 Å². The molecule has 1 aromatic carbocycles. The van der Waals surface area contributed by atoms with Gasteiger partial charge in [0, 0.05) is 15.0 Å².